The van der Waals surface area contributed by atoms with E-state index in [2.05, 4.69) is 29.4 Å². The fourth-order valence-corrected chi connectivity index (χ4v) is 2.20. The molecule has 0 bridgehead atoms. The zero-order valence-corrected chi connectivity index (χ0v) is 13.5. The average Bonchev–Trinajstić information content (AvgIpc) is 2.85. The first-order chi connectivity index (χ1) is 10.3. The van der Waals surface area contributed by atoms with E-state index < -0.39 is 0 Å². The van der Waals surface area contributed by atoms with Gasteiger partial charge in [0.25, 0.3) is 0 Å². The summed E-state index contributed by atoms with van der Waals surface area (Å²) in [4.78, 5) is 0. The minimum absolute atomic E-state index is 0. The number of aryl methyl sites for hydroxylation is 2. The van der Waals surface area contributed by atoms with Crippen LogP contribution < -0.4 is 17.0 Å². The predicted molar refractivity (Wildman–Crippen MR) is 80.3 cm³/mol. The summed E-state index contributed by atoms with van der Waals surface area (Å²) in [5.41, 5.74) is 1.37. The Labute approximate surface area is 137 Å². The predicted octanol–water partition coefficient (Wildman–Crippen LogP) is -0.878. The van der Waals surface area contributed by atoms with E-state index in [1.807, 2.05) is 34.6 Å². The first-order valence-corrected chi connectivity index (χ1v) is 7.15. The highest BCUT2D eigenvalue weighted by molar-refractivity contribution is 5.72. The smallest absolute Gasteiger partial charge is 0.305 e. The van der Waals surface area contributed by atoms with Gasteiger partial charge in [0.15, 0.2) is 12.9 Å². The molecule has 120 valence electrons. The lowest BCUT2D eigenvalue weighted by Crippen LogP contribution is -3.00. The van der Waals surface area contributed by atoms with E-state index >= 15 is 0 Å². The maximum atomic E-state index is 8.64. The van der Waals surface area contributed by atoms with Gasteiger partial charge in [0, 0.05) is 0 Å². The second kappa shape index (κ2) is 9.97. The molecule has 0 saturated carbocycles. The Bertz CT molecular complexity index is 570. The van der Waals surface area contributed by atoms with Crippen LogP contribution >= 0.6 is 0 Å². The van der Waals surface area contributed by atoms with E-state index in [4.69, 9.17) is 9.94 Å². The first kappa shape index (κ1) is 18.2. The molecule has 0 aliphatic heterocycles. The van der Waals surface area contributed by atoms with Gasteiger partial charge < -0.3 is 22.4 Å². The number of ether oxygens (including phenoxy) is 1. The van der Waals surface area contributed by atoms with Crippen LogP contribution in [0, 0.1) is 0 Å². The monoisotopic (exact) mass is 323 g/mol. The number of nitrogens with zero attached hydrogens (tertiary/aromatic N) is 3. The number of aromatic nitrogens is 2. The van der Waals surface area contributed by atoms with Gasteiger partial charge in [0.05, 0.1) is 13.7 Å². The lowest BCUT2D eigenvalue weighted by molar-refractivity contribution is -0.672. The minimum Gasteiger partial charge on any atom is -1.00 e. The van der Waals surface area contributed by atoms with Crippen LogP contribution in [0.25, 0.3) is 0 Å². The van der Waals surface area contributed by atoms with Crippen molar-refractivity contribution in [2.45, 2.75) is 26.0 Å². The molecule has 5 nitrogen and oxygen atoms in total. The Hall–Kier alpha value is -1.85. The number of benzene rings is 1. The summed E-state index contributed by atoms with van der Waals surface area (Å²) in [6.07, 6.45) is 8.45. The number of rotatable bonds is 8. The maximum Gasteiger partial charge on any atom is 0.305 e. The summed E-state index contributed by atoms with van der Waals surface area (Å²) in [5, 5.41) is 11.7. The summed E-state index contributed by atoms with van der Waals surface area (Å²) in [6.45, 7) is 1.19. The van der Waals surface area contributed by atoms with Gasteiger partial charge in [-0.25, -0.2) is 9.13 Å². The van der Waals surface area contributed by atoms with Gasteiger partial charge >= 0.3 is 5.82 Å². The highest BCUT2D eigenvalue weighted by Gasteiger charge is 2.11. The summed E-state index contributed by atoms with van der Waals surface area (Å²) in [5.74, 6) is 0.793. The molecule has 0 radical (unpaired) electrons. The van der Waals surface area contributed by atoms with Crippen LogP contribution in [0.15, 0.2) is 47.9 Å². The fourth-order valence-electron chi connectivity index (χ4n) is 2.20. The molecule has 2 aromatic rings. The Morgan fingerprint density at radius 3 is 2.77 bits per heavy atom. The normalized spacial score (nSPS) is 10.8. The Balaban J connectivity index is 0.00000242. The molecule has 0 amide bonds. The van der Waals surface area contributed by atoms with Crippen molar-refractivity contribution in [1.82, 2.24) is 4.57 Å². The van der Waals surface area contributed by atoms with Gasteiger partial charge in [-0.05, 0) is 24.8 Å². The number of unbranched alkanes of at least 4 members (excludes halogenated alkanes) is 1. The van der Waals surface area contributed by atoms with Gasteiger partial charge in [-0.3, -0.25) is 0 Å². The Kier molecular flexibility index (Phi) is 8.25. The highest BCUT2D eigenvalue weighted by Crippen LogP contribution is 2.04. The van der Waals surface area contributed by atoms with Crippen molar-refractivity contribution in [3.05, 3.63) is 54.1 Å². The third kappa shape index (κ3) is 5.50. The van der Waals surface area contributed by atoms with Crippen molar-refractivity contribution < 1.29 is 26.9 Å². The molecule has 22 heavy (non-hydrogen) atoms. The molecule has 1 aromatic carbocycles. The SMILES string of the molecule is C[n+]1ccn(COCCCCc2ccccc2)c1/C=N/O.[Cl-]. The van der Waals surface area contributed by atoms with E-state index in [1.54, 1.807) is 0 Å². The standard InChI is InChI=1S/C16H21N3O2.ClH/c1-18-10-11-19(16(18)13-17-20)14-21-12-6-5-9-15-7-3-2-4-8-15;/h2-4,7-8,10-11,13H,5-6,9,12,14H2,1H3;1H. The first-order valence-electron chi connectivity index (χ1n) is 7.15. The highest BCUT2D eigenvalue weighted by atomic mass is 35.5. The second-order valence-corrected chi connectivity index (χ2v) is 4.96. The number of hydrogen-bond donors (Lipinski definition) is 1. The van der Waals surface area contributed by atoms with Crippen LogP contribution in [0.2, 0.25) is 0 Å². The topological polar surface area (TPSA) is 50.6 Å². The Morgan fingerprint density at radius 2 is 2.05 bits per heavy atom. The van der Waals surface area contributed by atoms with Gasteiger partial charge in [0.1, 0.15) is 12.4 Å². The molecule has 0 fully saturated rings. The maximum absolute atomic E-state index is 8.64. The van der Waals surface area contributed by atoms with Crippen molar-refractivity contribution >= 4 is 6.21 Å². The van der Waals surface area contributed by atoms with E-state index in [9.17, 15) is 0 Å². The zero-order valence-electron chi connectivity index (χ0n) is 12.7. The fraction of sp³-hybridized carbons (Fsp3) is 0.375. The lowest BCUT2D eigenvalue weighted by atomic mass is 10.1. The van der Waals surface area contributed by atoms with E-state index in [1.165, 1.54) is 11.8 Å². The van der Waals surface area contributed by atoms with E-state index in [0.29, 0.717) is 6.73 Å². The number of imidazole rings is 1. The third-order valence-corrected chi connectivity index (χ3v) is 3.38. The third-order valence-electron chi connectivity index (χ3n) is 3.38. The Morgan fingerprint density at radius 1 is 1.27 bits per heavy atom. The quantitative estimate of drug-likeness (QED) is 0.226. The van der Waals surface area contributed by atoms with Gasteiger partial charge in [0.2, 0.25) is 0 Å². The van der Waals surface area contributed by atoms with E-state index in [-0.39, 0.29) is 12.4 Å². The summed E-state index contributed by atoms with van der Waals surface area (Å²) in [7, 11) is 1.90. The molecule has 1 aromatic heterocycles. The van der Waals surface area contributed by atoms with Crippen molar-refractivity contribution in [2.75, 3.05) is 6.61 Å². The number of halogens is 1. The molecule has 6 heteroatoms. The van der Waals surface area contributed by atoms with Crippen LogP contribution in [0.4, 0.5) is 0 Å². The molecule has 0 spiro atoms. The molecule has 0 atom stereocenters. The van der Waals surface area contributed by atoms with Crippen molar-refractivity contribution in [3.63, 3.8) is 0 Å². The molecular weight excluding hydrogens is 302 g/mol. The molecule has 0 saturated heterocycles. The second-order valence-electron chi connectivity index (χ2n) is 4.96. The molecule has 1 heterocycles. The molecular formula is C16H22ClN3O2. The molecule has 1 N–H and O–H groups in total. The lowest BCUT2D eigenvalue weighted by Gasteiger charge is -2.03. The number of oxime groups is 1. The van der Waals surface area contributed by atoms with E-state index in [0.717, 1.165) is 31.7 Å². The van der Waals surface area contributed by atoms with Crippen molar-refractivity contribution in [1.29, 1.82) is 0 Å². The molecule has 0 aliphatic carbocycles. The van der Waals surface area contributed by atoms with Crippen molar-refractivity contribution in [2.24, 2.45) is 12.2 Å². The summed E-state index contributed by atoms with van der Waals surface area (Å²) in [6, 6.07) is 10.5. The summed E-state index contributed by atoms with van der Waals surface area (Å²) >= 11 is 0. The molecule has 0 aliphatic rings. The van der Waals surface area contributed by atoms with Crippen LogP contribution in [0.1, 0.15) is 24.2 Å². The van der Waals surface area contributed by atoms with Crippen molar-refractivity contribution in [3.8, 4) is 0 Å². The van der Waals surface area contributed by atoms with Crippen LogP contribution in [0.3, 0.4) is 0 Å². The van der Waals surface area contributed by atoms with Gasteiger partial charge in [-0.1, -0.05) is 35.5 Å². The number of hydrogen-bond acceptors (Lipinski definition) is 3. The molecule has 0 unspecified atom stereocenters. The van der Waals surface area contributed by atoms with Gasteiger partial charge in [-0.15, -0.1) is 0 Å². The van der Waals surface area contributed by atoms with Crippen LogP contribution in [0.5, 0.6) is 0 Å². The minimum atomic E-state index is 0. The van der Waals surface area contributed by atoms with Crippen LogP contribution in [-0.4, -0.2) is 22.6 Å². The molecule has 2 rings (SSSR count). The average molecular weight is 324 g/mol. The zero-order chi connectivity index (χ0) is 14.9. The van der Waals surface area contributed by atoms with Gasteiger partial charge in [-0.2, -0.15) is 0 Å². The largest absolute Gasteiger partial charge is 1.00 e. The summed E-state index contributed by atoms with van der Waals surface area (Å²) < 4.78 is 9.44. The van der Waals surface area contributed by atoms with Crippen LogP contribution in [-0.2, 0) is 24.9 Å².